The highest BCUT2D eigenvalue weighted by atomic mass is 32.2. The van der Waals surface area contributed by atoms with E-state index in [0.29, 0.717) is 27.6 Å². The fourth-order valence-corrected chi connectivity index (χ4v) is 4.56. The van der Waals surface area contributed by atoms with Gasteiger partial charge in [-0.2, -0.15) is 13.2 Å². The highest BCUT2D eigenvalue weighted by Gasteiger charge is 2.27. The lowest BCUT2D eigenvalue weighted by Crippen LogP contribution is -2.28. The Morgan fingerprint density at radius 3 is 2.47 bits per heavy atom. The number of fused-ring (bicyclic) bond motifs is 1. The van der Waals surface area contributed by atoms with Crippen molar-refractivity contribution >= 4 is 27.1 Å². The topological polar surface area (TPSA) is 106 Å². The number of nitrogens with zero attached hydrogens (tertiary/aromatic N) is 1. The molecule has 0 aliphatic heterocycles. The Morgan fingerprint density at radius 1 is 1.14 bits per heavy atom. The maximum absolute atomic E-state index is 12.8. The molecule has 0 saturated heterocycles. The van der Waals surface area contributed by atoms with Gasteiger partial charge in [0.2, 0.25) is 10.0 Å². The molecule has 8 nitrogen and oxygen atoms in total. The van der Waals surface area contributed by atoms with E-state index >= 15 is 0 Å². The molecule has 0 bridgehead atoms. The number of alkyl halides is 3. The van der Waals surface area contributed by atoms with Crippen LogP contribution in [0.4, 0.5) is 18.0 Å². The SMILES string of the molecule is Cc1cc2c(C)c(Cc3cccc(S(=O)(=O)NCCC(F)(F)F)c3)c(=O)oc2cc1OC(=O)N(C)C. The van der Waals surface area contributed by atoms with Gasteiger partial charge in [0.25, 0.3) is 0 Å². The third-order valence-electron chi connectivity index (χ3n) is 5.44. The number of carbonyl (C=O) groups is 1. The van der Waals surface area contributed by atoms with Crippen LogP contribution in [0.15, 0.2) is 50.5 Å². The van der Waals surface area contributed by atoms with E-state index in [1.807, 2.05) is 4.72 Å². The quantitative estimate of drug-likeness (QED) is 0.461. The summed E-state index contributed by atoms with van der Waals surface area (Å²) in [6, 6.07) is 8.79. The molecule has 0 aliphatic carbocycles. The number of nitrogens with one attached hydrogen (secondary N) is 1. The maximum atomic E-state index is 12.8. The zero-order valence-electron chi connectivity index (χ0n) is 20.0. The minimum Gasteiger partial charge on any atom is -0.422 e. The summed E-state index contributed by atoms with van der Waals surface area (Å²) in [5, 5.41) is 0.615. The minimum absolute atomic E-state index is 0.0342. The van der Waals surface area contributed by atoms with Crippen molar-refractivity contribution in [2.45, 2.75) is 37.8 Å². The number of benzene rings is 2. The molecule has 1 aromatic heterocycles. The monoisotopic (exact) mass is 526 g/mol. The van der Waals surface area contributed by atoms with Gasteiger partial charge in [0.1, 0.15) is 11.3 Å². The molecule has 0 saturated carbocycles. The average Bonchev–Trinajstić information content (AvgIpc) is 2.77. The lowest BCUT2D eigenvalue weighted by atomic mass is 9.98. The number of halogens is 3. The zero-order chi connectivity index (χ0) is 26.8. The van der Waals surface area contributed by atoms with Crippen LogP contribution in [0.3, 0.4) is 0 Å². The largest absolute Gasteiger partial charge is 0.422 e. The second-order valence-corrected chi connectivity index (χ2v) is 10.2. The predicted octanol–water partition coefficient (Wildman–Crippen LogP) is 4.29. The number of carbonyl (C=O) groups excluding carboxylic acids is 1. The van der Waals surface area contributed by atoms with Crippen molar-refractivity contribution < 1.29 is 35.5 Å². The molecule has 0 fully saturated rings. The Bertz CT molecular complexity index is 1460. The highest BCUT2D eigenvalue weighted by Crippen LogP contribution is 2.29. The highest BCUT2D eigenvalue weighted by molar-refractivity contribution is 7.89. The normalized spacial score (nSPS) is 12.1. The molecule has 12 heteroatoms. The van der Waals surface area contributed by atoms with Crippen LogP contribution in [0.1, 0.15) is 28.7 Å². The first-order valence-corrected chi connectivity index (χ1v) is 12.3. The summed E-state index contributed by atoms with van der Waals surface area (Å²) in [6.07, 6.45) is -6.33. The molecular weight excluding hydrogens is 501 g/mol. The second kappa shape index (κ2) is 10.3. The molecular formula is C24H25F3N2O6S. The van der Waals surface area contributed by atoms with Gasteiger partial charge in [-0.05, 0) is 48.7 Å². The third kappa shape index (κ3) is 6.43. The van der Waals surface area contributed by atoms with Gasteiger partial charge in [0.15, 0.2) is 0 Å². The van der Waals surface area contributed by atoms with E-state index in [4.69, 9.17) is 9.15 Å². The van der Waals surface area contributed by atoms with Crippen molar-refractivity contribution in [1.82, 2.24) is 9.62 Å². The minimum atomic E-state index is -4.49. The smallest absolute Gasteiger partial charge is 0.414 e. The Morgan fingerprint density at radius 2 is 1.83 bits per heavy atom. The van der Waals surface area contributed by atoms with Crippen LogP contribution in [-0.2, 0) is 16.4 Å². The van der Waals surface area contributed by atoms with Crippen molar-refractivity contribution in [2.75, 3.05) is 20.6 Å². The molecule has 1 amide bonds. The molecule has 1 heterocycles. The van der Waals surface area contributed by atoms with E-state index in [1.165, 1.54) is 43.3 Å². The van der Waals surface area contributed by atoms with Gasteiger partial charge in [0.05, 0.1) is 11.3 Å². The van der Waals surface area contributed by atoms with E-state index in [9.17, 15) is 31.2 Å². The summed E-state index contributed by atoms with van der Waals surface area (Å²) in [6.45, 7) is 2.68. The first-order valence-electron chi connectivity index (χ1n) is 10.8. The number of ether oxygens (including phenoxy) is 1. The van der Waals surface area contributed by atoms with Crippen LogP contribution in [-0.4, -0.2) is 46.2 Å². The third-order valence-corrected chi connectivity index (χ3v) is 6.89. The van der Waals surface area contributed by atoms with E-state index in [0.717, 1.165) is 0 Å². The maximum Gasteiger partial charge on any atom is 0.414 e. The standard InChI is InChI=1S/C24H25F3N2O6S/c1-14-10-18-15(2)19(22(30)34-21(18)13-20(14)35-23(31)29(3)4)12-16-6-5-7-17(11-16)36(32,33)28-9-8-24(25,26)27/h5-7,10-11,13,28H,8-9,12H2,1-4H3. The molecule has 0 unspecified atom stereocenters. The predicted molar refractivity (Wildman–Crippen MR) is 127 cm³/mol. The van der Waals surface area contributed by atoms with Crippen LogP contribution in [0, 0.1) is 13.8 Å². The van der Waals surface area contributed by atoms with Crippen molar-refractivity contribution in [3.63, 3.8) is 0 Å². The number of sulfonamides is 1. The molecule has 194 valence electrons. The summed E-state index contributed by atoms with van der Waals surface area (Å²) in [7, 11) is -1.10. The van der Waals surface area contributed by atoms with Crippen LogP contribution in [0.25, 0.3) is 11.0 Å². The van der Waals surface area contributed by atoms with Crippen molar-refractivity contribution in [1.29, 1.82) is 0 Å². The number of hydrogen-bond donors (Lipinski definition) is 1. The number of amides is 1. The first-order chi connectivity index (χ1) is 16.7. The van der Waals surface area contributed by atoms with E-state index in [2.05, 4.69) is 0 Å². The lowest BCUT2D eigenvalue weighted by molar-refractivity contribution is -0.132. The number of hydrogen-bond acceptors (Lipinski definition) is 6. The Kier molecular flexibility index (Phi) is 7.79. The van der Waals surface area contributed by atoms with Gasteiger partial charge in [0, 0.05) is 44.1 Å². The van der Waals surface area contributed by atoms with Gasteiger partial charge < -0.3 is 14.1 Å². The van der Waals surface area contributed by atoms with Crippen LogP contribution in [0.5, 0.6) is 5.75 Å². The van der Waals surface area contributed by atoms with Gasteiger partial charge >= 0.3 is 17.9 Å². The number of rotatable bonds is 7. The molecule has 0 aliphatic rings. The summed E-state index contributed by atoms with van der Waals surface area (Å²) >= 11 is 0. The van der Waals surface area contributed by atoms with Crippen molar-refractivity contribution in [3.8, 4) is 5.75 Å². The average molecular weight is 527 g/mol. The molecule has 3 aromatic rings. The first kappa shape index (κ1) is 27.2. The lowest BCUT2D eigenvalue weighted by Gasteiger charge is -2.14. The summed E-state index contributed by atoms with van der Waals surface area (Å²) in [5.74, 6) is 0.243. The van der Waals surface area contributed by atoms with E-state index < -0.39 is 40.9 Å². The van der Waals surface area contributed by atoms with Crippen LogP contribution >= 0.6 is 0 Å². The van der Waals surface area contributed by atoms with E-state index in [1.54, 1.807) is 26.0 Å². The summed E-state index contributed by atoms with van der Waals surface area (Å²) in [5.41, 5.74) is 1.56. The summed E-state index contributed by atoms with van der Waals surface area (Å²) < 4.78 is 74.6. The van der Waals surface area contributed by atoms with E-state index in [-0.39, 0.29) is 22.6 Å². The molecule has 2 aromatic carbocycles. The molecule has 1 N–H and O–H groups in total. The van der Waals surface area contributed by atoms with Crippen molar-refractivity contribution in [3.05, 3.63) is 69.1 Å². The summed E-state index contributed by atoms with van der Waals surface area (Å²) in [4.78, 5) is 25.7. The Balaban J connectivity index is 1.91. The Labute approximate surface area is 205 Å². The van der Waals surface area contributed by atoms with Gasteiger partial charge in [-0.1, -0.05) is 12.1 Å². The van der Waals surface area contributed by atoms with Crippen molar-refractivity contribution in [2.24, 2.45) is 0 Å². The number of aryl methyl sites for hydroxylation is 2. The van der Waals surface area contributed by atoms with Gasteiger partial charge in [-0.15, -0.1) is 0 Å². The fourth-order valence-electron chi connectivity index (χ4n) is 3.46. The molecule has 0 radical (unpaired) electrons. The molecule has 0 atom stereocenters. The second-order valence-electron chi connectivity index (χ2n) is 8.46. The zero-order valence-corrected chi connectivity index (χ0v) is 20.8. The fraction of sp³-hybridized carbons (Fsp3) is 0.333. The van der Waals surface area contributed by atoms with Crippen LogP contribution in [0.2, 0.25) is 0 Å². The molecule has 3 rings (SSSR count). The van der Waals surface area contributed by atoms with Gasteiger partial charge in [-0.25, -0.2) is 22.7 Å². The molecule has 36 heavy (non-hydrogen) atoms. The Hall–Kier alpha value is -3.38. The van der Waals surface area contributed by atoms with Gasteiger partial charge in [-0.3, -0.25) is 0 Å². The van der Waals surface area contributed by atoms with Crippen LogP contribution < -0.4 is 15.1 Å². The molecule has 0 spiro atoms.